The summed E-state index contributed by atoms with van der Waals surface area (Å²) in [6, 6.07) is -1.64. The Morgan fingerprint density at radius 3 is 1.91 bits per heavy atom. The van der Waals surface area contributed by atoms with E-state index in [0.29, 0.717) is 19.4 Å². The van der Waals surface area contributed by atoms with E-state index in [1.54, 1.807) is 0 Å². The number of hydrogen-bond acceptors (Lipinski definition) is 6. The van der Waals surface area contributed by atoms with Gasteiger partial charge in [0.05, 0.1) is 30.9 Å². The van der Waals surface area contributed by atoms with Gasteiger partial charge in [-0.1, -0.05) is 122 Å². The molecule has 2 N–H and O–H groups in total. The molecule has 44 heavy (non-hydrogen) atoms. The van der Waals surface area contributed by atoms with Gasteiger partial charge in [0.25, 0.3) is 0 Å². The fraction of sp³-hybridized carbons (Fsp3) is 0.794. The Morgan fingerprint density at radius 1 is 0.909 bits per heavy atom. The Hall–Kier alpha value is -2.84. The van der Waals surface area contributed by atoms with E-state index >= 15 is 0 Å². The first-order chi connectivity index (χ1) is 21.4. The average molecular weight is 619 g/mol. The molecule has 0 unspecified atom stereocenters. The maximum absolute atomic E-state index is 12.7. The third kappa shape index (κ3) is 18.1. The van der Waals surface area contributed by atoms with E-state index in [1.165, 1.54) is 89.5 Å². The van der Waals surface area contributed by atoms with Gasteiger partial charge in [0.2, 0.25) is 5.91 Å². The lowest BCUT2D eigenvalue weighted by Gasteiger charge is -2.36. The predicted octanol–water partition coefficient (Wildman–Crippen LogP) is 8.50. The van der Waals surface area contributed by atoms with Crippen molar-refractivity contribution in [2.24, 2.45) is 5.11 Å². The van der Waals surface area contributed by atoms with Crippen LogP contribution in [-0.4, -0.2) is 53.9 Å². The molecule has 10 heteroatoms. The molecule has 0 aromatic carbocycles. The summed E-state index contributed by atoms with van der Waals surface area (Å²) < 4.78 is 11.3. The monoisotopic (exact) mass is 618 g/mol. The number of ether oxygens (including phenoxy) is 2. The highest BCUT2D eigenvalue weighted by Crippen LogP contribution is 2.26. The number of azide groups is 1. The van der Waals surface area contributed by atoms with Crippen LogP contribution in [0.3, 0.4) is 0 Å². The van der Waals surface area contributed by atoms with Gasteiger partial charge in [0.15, 0.2) is 0 Å². The summed E-state index contributed by atoms with van der Waals surface area (Å²) in [5, 5.41) is 16.0. The maximum atomic E-state index is 12.7. The van der Waals surface area contributed by atoms with Crippen molar-refractivity contribution in [3.05, 3.63) is 34.2 Å². The van der Waals surface area contributed by atoms with Crippen molar-refractivity contribution < 1.29 is 29.0 Å². The summed E-state index contributed by atoms with van der Waals surface area (Å²) >= 11 is 0. The fourth-order valence-corrected chi connectivity index (χ4v) is 5.51. The zero-order valence-corrected chi connectivity index (χ0v) is 27.5. The molecule has 3 atom stereocenters. The SMILES string of the molecule is CCCCCCCCCCCCCCCCCCOC(=O)/C=C/C(=O)N[C@@H]1[C@@H](N=[N+]=[N-])CC(C(=O)O)=C[C@H]1OC(CC)CC. The van der Waals surface area contributed by atoms with Gasteiger partial charge in [0, 0.05) is 22.6 Å². The van der Waals surface area contributed by atoms with Crippen LogP contribution in [0.25, 0.3) is 10.4 Å². The van der Waals surface area contributed by atoms with Gasteiger partial charge in [-0.3, -0.25) is 4.79 Å². The van der Waals surface area contributed by atoms with Crippen molar-refractivity contribution in [1.82, 2.24) is 5.32 Å². The lowest BCUT2D eigenvalue weighted by atomic mass is 9.88. The van der Waals surface area contributed by atoms with Crippen LogP contribution in [0.5, 0.6) is 0 Å². The number of nitrogens with one attached hydrogen (secondary N) is 1. The highest BCUT2D eigenvalue weighted by atomic mass is 16.5. The Bertz CT molecular complexity index is 927. The molecule has 250 valence electrons. The number of nitrogens with zero attached hydrogens (tertiary/aromatic N) is 3. The lowest BCUT2D eigenvalue weighted by Crippen LogP contribution is -2.53. The van der Waals surface area contributed by atoms with Crippen molar-refractivity contribution >= 4 is 17.8 Å². The van der Waals surface area contributed by atoms with Crippen LogP contribution in [0, 0.1) is 0 Å². The van der Waals surface area contributed by atoms with E-state index in [0.717, 1.165) is 31.4 Å². The van der Waals surface area contributed by atoms with E-state index < -0.39 is 36.0 Å². The van der Waals surface area contributed by atoms with Crippen LogP contribution in [0.2, 0.25) is 0 Å². The summed E-state index contributed by atoms with van der Waals surface area (Å²) in [6.45, 7) is 6.46. The second-order valence-electron chi connectivity index (χ2n) is 11.9. The number of carboxylic acid groups (broad SMARTS) is 1. The standard InChI is InChI=1S/C34H58N4O6/c1-4-7-8-9-10-11-12-13-14-15-16-17-18-19-20-21-24-43-32(40)23-22-31(39)36-33-29(37-38-35)25-27(34(41)42)26-30(33)44-28(5-2)6-3/h22-23,26,28-30,33H,4-21,24-25H2,1-3H3,(H,36,39)(H,41,42)/b23-22+/t29-,30+,33+/m0/s1. The molecule has 0 aromatic rings. The molecule has 1 rings (SSSR count). The van der Waals surface area contributed by atoms with Crippen molar-refractivity contribution in [3.8, 4) is 0 Å². The molecule has 1 aliphatic rings. The second-order valence-corrected chi connectivity index (χ2v) is 11.9. The van der Waals surface area contributed by atoms with Crippen LogP contribution in [-0.2, 0) is 23.9 Å². The Balaban J connectivity index is 2.29. The van der Waals surface area contributed by atoms with E-state index in [2.05, 4.69) is 22.3 Å². The number of carbonyl (C=O) groups is 3. The highest BCUT2D eigenvalue weighted by molar-refractivity contribution is 5.95. The minimum absolute atomic E-state index is 0.0435. The molecular weight excluding hydrogens is 560 g/mol. The number of unbranched alkanes of at least 4 members (excludes halogenated alkanes) is 15. The third-order valence-corrected chi connectivity index (χ3v) is 8.22. The summed E-state index contributed by atoms with van der Waals surface area (Å²) in [4.78, 5) is 39.2. The summed E-state index contributed by atoms with van der Waals surface area (Å²) in [7, 11) is 0. The minimum atomic E-state index is -1.13. The van der Waals surface area contributed by atoms with Crippen LogP contribution in [0.4, 0.5) is 0 Å². The van der Waals surface area contributed by atoms with Crippen molar-refractivity contribution in [2.45, 2.75) is 167 Å². The normalized spacial score (nSPS) is 18.2. The second kappa shape index (κ2) is 25.5. The molecule has 1 aliphatic carbocycles. The first-order valence-electron chi connectivity index (χ1n) is 17.1. The van der Waals surface area contributed by atoms with Gasteiger partial charge in [-0.2, -0.15) is 0 Å². The number of rotatable bonds is 26. The predicted molar refractivity (Wildman–Crippen MR) is 174 cm³/mol. The zero-order chi connectivity index (χ0) is 32.4. The van der Waals surface area contributed by atoms with Gasteiger partial charge in [-0.15, -0.1) is 0 Å². The number of carbonyl (C=O) groups excluding carboxylic acids is 2. The van der Waals surface area contributed by atoms with E-state index in [-0.39, 0.29) is 18.1 Å². The number of carboxylic acids is 1. The minimum Gasteiger partial charge on any atom is -0.478 e. The topological polar surface area (TPSA) is 151 Å². The molecule has 0 saturated heterocycles. The van der Waals surface area contributed by atoms with Gasteiger partial charge in [0.1, 0.15) is 0 Å². The fourth-order valence-electron chi connectivity index (χ4n) is 5.51. The molecular formula is C34H58N4O6. The number of hydrogen-bond donors (Lipinski definition) is 2. The first-order valence-corrected chi connectivity index (χ1v) is 17.1. The number of amides is 1. The third-order valence-electron chi connectivity index (χ3n) is 8.22. The number of esters is 1. The molecule has 0 saturated carbocycles. The van der Waals surface area contributed by atoms with Crippen molar-refractivity contribution in [1.29, 1.82) is 0 Å². The molecule has 0 bridgehead atoms. The van der Waals surface area contributed by atoms with Crippen LogP contribution in [0.15, 0.2) is 28.9 Å². The summed E-state index contributed by atoms with van der Waals surface area (Å²) in [5.41, 5.74) is 9.10. The van der Waals surface area contributed by atoms with Crippen molar-refractivity contribution in [3.63, 3.8) is 0 Å². The quantitative estimate of drug-likeness (QED) is 0.0248. The van der Waals surface area contributed by atoms with Crippen LogP contribution < -0.4 is 5.32 Å². The van der Waals surface area contributed by atoms with Crippen LogP contribution >= 0.6 is 0 Å². The van der Waals surface area contributed by atoms with Gasteiger partial charge in [-0.25, -0.2) is 9.59 Å². The molecule has 10 nitrogen and oxygen atoms in total. The van der Waals surface area contributed by atoms with Gasteiger partial charge in [-0.05, 0) is 37.3 Å². The Kier molecular flexibility index (Phi) is 22.7. The number of aliphatic carboxylic acids is 1. The van der Waals surface area contributed by atoms with E-state index in [1.807, 2.05) is 13.8 Å². The molecule has 0 radical (unpaired) electrons. The summed E-state index contributed by atoms with van der Waals surface area (Å²) in [6.07, 6.45) is 24.4. The lowest BCUT2D eigenvalue weighted by molar-refractivity contribution is -0.138. The largest absolute Gasteiger partial charge is 0.478 e. The van der Waals surface area contributed by atoms with Crippen molar-refractivity contribution in [2.75, 3.05) is 6.61 Å². The molecule has 0 fully saturated rings. The Labute approximate surface area is 265 Å². The van der Waals surface area contributed by atoms with Crippen LogP contribution in [0.1, 0.15) is 143 Å². The average Bonchev–Trinajstić information content (AvgIpc) is 3.01. The molecule has 1 amide bonds. The smallest absolute Gasteiger partial charge is 0.331 e. The van der Waals surface area contributed by atoms with E-state index in [9.17, 15) is 19.5 Å². The Morgan fingerprint density at radius 2 is 1.43 bits per heavy atom. The molecule has 0 spiro atoms. The summed E-state index contributed by atoms with van der Waals surface area (Å²) in [5.74, 6) is -2.31. The maximum Gasteiger partial charge on any atom is 0.331 e. The molecule has 0 aliphatic heterocycles. The molecule has 0 heterocycles. The zero-order valence-electron chi connectivity index (χ0n) is 27.5. The molecule has 0 aromatic heterocycles. The highest BCUT2D eigenvalue weighted by Gasteiger charge is 2.37. The first kappa shape index (κ1) is 39.2. The van der Waals surface area contributed by atoms with Gasteiger partial charge < -0.3 is 19.9 Å². The van der Waals surface area contributed by atoms with Gasteiger partial charge >= 0.3 is 11.9 Å². The van der Waals surface area contributed by atoms with E-state index in [4.69, 9.17) is 15.0 Å².